The molecule has 1 fully saturated rings. The normalized spacial score (nSPS) is 17.9. The van der Waals surface area contributed by atoms with E-state index in [-0.39, 0.29) is 5.92 Å². The second-order valence-electron chi connectivity index (χ2n) is 6.58. The maximum atomic E-state index is 12.6. The second kappa shape index (κ2) is 6.63. The number of rotatable bonds is 3. The molecule has 0 bridgehead atoms. The molecule has 1 aliphatic rings. The van der Waals surface area contributed by atoms with Gasteiger partial charge in [0.1, 0.15) is 17.6 Å². The van der Waals surface area contributed by atoms with Crippen LogP contribution in [0.1, 0.15) is 55.1 Å². The average molecular weight is 338 g/mol. The quantitative estimate of drug-likeness (QED) is 0.757. The van der Waals surface area contributed by atoms with Crippen molar-refractivity contribution in [3.8, 4) is 11.3 Å². The number of aryl methyl sites for hydroxylation is 1. The highest BCUT2D eigenvalue weighted by atomic mass is 19.4. The van der Waals surface area contributed by atoms with E-state index in [1.165, 1.54) is 18.6 Å². The lowest BCUT2D eigenvalue weighted by molar-refractivity contribution is -0.137. The highest BCUT2D eigenvalue weighted by molar-refractivity contribution is 5.59. The monoisotopic (exact) mass is 338 g/mol. The molecule has 1 saturated carbocycles. The highest BCUT2D eigenvalue weighted by Crippen LogP contribution is 2.38. The SMILES string of the molecule is Cc1cc(-c2ccc(C(F)(F)F)cc2)oc1C(O)C1CCCCC1. The molecule has 1 aliphatic carbocycles. The van der Waals surface area contributed by atoms with Crippen molar-refractivity contribution in [3.05, 3.63) is 47.2 Å². The number of aliphatic hydroxyl groups is 1. The molecule has 2 nitrogen and oxygen atoms in total. The Labute approximate surface area is 139 Å². The molecule has 2 aromatic rings. The van der Waals surface area contributed by atoms with E-state index in [4.69, 9.17) is 4.42 Å². The van der Waals surface area contributed by atoms with E-state index in [0.717, 1.165) is 43.4 Å². The van der Waals surface area contributed by atoms with E-state index < -0.39 is 17.8 Å². The van der Waals surface area contributed by atoms with Gasteiger partial charge < -0.3 is 9.52 Å². The Kier molecular flexibility index (Phi) is 4.72. The van der Waals surface area contributed by atoms with Gasteiger partial charge in [0.15, 0.2) is 0 Å². The van der Waals surface area contributed by atoms with E-state index in [2.05, 4.69) is 0 Å². The van der Waals surface area contributed by atoms with Gasteiger partial charge in [0, 0.05) is 5.56 Å². The van der Waals surface area contributed by atoms with Crippen LogP contribution in [0.5, 0.6) is 0 Å². The van der Waals surface area contributed by atoms with Crippen LogP contribution >= 0.6 is 0 Å². The van der Waals surface area contributed by atoms with Crippen LogP contribution < -0.4 is 0 Å². The summed E-state index contributed by atoms with van der Waals surface area (Å²) in [7, 11) is 0. The maximum Gasteiger partial charge on any atom is 0.416 e. The van der Waals surface area contributed by atoms with E-state index in [9.17, 15) is 18.3 Å². The van der Waals surface area contributed by atoms with Gasteiger partial charge in [-0.3, -0.25) is 0 Å². The minimum Gasteiger partial charge on any atom is -0.458 e. The molecule has 130 valence electrons. The Hall–Kier alpha value is -1.75. The summed E-state index contributed by atoms with van der Waals surface area (Å²) in [6, 6.07) is 6.68. The smallest absolute Gasteiger partial charge is 0.416 e. The Morgan fingerprint density at radius 2 is 1.71 bits per heavy atom. The van der Waals surface area contributed by atoms with Crippen molar-refractivity contribution in [2.24, 2.45) is 5.92 Å². The predicted molar refractivity (Wildman–Crippen MR) is 85.4 cm³/mol. The lowest BCUT2D eigenvalue weighted by Crippen LogP contribution is -2.16. The number of furan rings is 1. The molecular formula is C19H21F3O2. The fourth-order valence-corrected chi connectivity index (χ4v) is 3.42. The third kappa shape index (κ3) is 3.51. The third-order valence-corrected chi connectivity index (χ3v) is 4.82. The first-order valence-electron chi connectivity index (χ1n) is 8.32. The number of halogens is 3. The van der Waals surface area contributed by atoms with Gasteiger partial charge in [0.2, 0.25) is 0 Å². The number of hydrogen-bond acceptors (Lipinski definition) is 2. The summed E-state index contributed by atoms with van der Waals surface area (Å²) >= 11 is 0. The van der Waals surface area contributed by atoms with E-state index in [1.807, 2.05) is 6.92 Å². The lowest BCUT2D eigenvalue weighted by Gasteiger charge is -2.25. The van der Waals surface area contributed by atoms with Gasteiger partial charge in [-0.25, -0.2) is 0 Å². The summed E-state index contributed by atoms with van der Waals surface area (Å²) in [6.07, 6.45) is 0.416. The summed E-state index contributed by atoms with van der Waals surface area (Å²) in [4.78, 5) is 0. The third-order valence-electron chi connectivity index (χ3n) is 4.82. The van der Waals surface area contributed by atoms with E-state index in [0.29, 0.717) is 17.1 Å². The fourth-order valence-electron chi connectivity index (χ4n) is 3.42. The van der Waals surface area contributed by atoms with Crippen molar-refractivity contribution in [1.29, 1.82) is 0 Å². The van der Waals surface area contributed by atoms with E-state index in [1.54, 1.807) is 6.07 Å². The number of hydrogen-bond donors (Lipinski definition) is 1. The zero-order valence-corrected chi connectivity index (χ0v) is 13.6. The first kappa shape index (κ1) is 17.1. The van der Waals surface area contributed by atoms with Gasteiger partial charge >= 0.3 is 6.18 Å². The summed E-state index contributed by atoms with van der Waals surface area (Å²) in [5.41, 5.74) is 0.730. The van der Waals surface area contributed by atoms with Gasteiger partial charge in [0.05, 0.1) is 5.56 Å². The molecule has 0 saturated heterocycles. The standard InChI is InChI=1S/C19H21F3O2/c1-12-11-16(13-7-9-15(10-8-13)19(20,21)22)24-18(12)17(23)14-5-3-2-4-6-14/h7-11,14,17,23H,2-6H2,1H3. The molecular weight excluding hydrogens is 317 g/mol. The number of benzene rings is 1. The van der Waals surface area contributed by atoms with Crippen molar-refractivity contribution in [2.45, 2.75) is 51.3 Å². The molecule has 0 radical (unpaired) electrons. The highest BCUT2D eigenvalue weighted by Gasteiger charge is 2.30. The molecule has 1 aromatic heterocycles. The van der Waals surface area contributed by atoms with Gasteiger partial charge in [0.25, 0.3) is 0 Å². The Morgan fingerprint density at radius 3 is 2.29 bits per heavy atom. The molecule has 0 amide bonds. The molecule has 1 aromatic carbocycles. The van der Waals surface area contributed by atoms with Crippen molar-refractivity contribution in [1.82, 2.24) is 0 Å². The Bertz CT molecular complexity index is 680. The first-order valence-corrected chi connectivity index (χ1v) is 8.32. The van der Waals surface area contributed by atoms with Crippen molar-refractivity contribution < 1.29 is 22.7 Å². The summed E-state index contributed by atoms with van der Waals surface area (Å²) < 4.78 is 43.7. The average Bonchev–Trinajstić information content (AvgIpc) is 2.96. The van der Waals surface area contributed by atoms with Crippen molar-refractivity contribution >= 4 is 0 Å². The maximum absolute atomic E-state index is 12.6. The van der Waals surface area contributed by atoms with Crippen LogP contribution in [0.4, 0.5) is 13.2 Å². The Balaban J connectivity index is 1.83. The van der Waals surface area contributed by atoms with Gasteiger partial charge in [-0.1, -0.05) is 31.4 Å². The van der Waals surface area contributed by atoms with Crippen LogP contribution in [0, 0.1) is 12.8 Å². The van der Waals surface area contributed by atoms with Crippen LogP contribution in [0.25, 0.3) is 11.3 Å². The number of aliphatic hydroxyl groups excluding tert-OH is 1. The zero-order valence-electron chi connectivity index (χ0n) is 13.6. The fraction of sp³-hybridized carbons (Fsp3) is 0.474. The van der Waals surface area contributed by atoms with Crippen LogP contribution in [0.2, 0.25) is 0 Å². The van der Waals surface area contributed by atoms with Crippen LogP contribution in [-0.4, -0.2) is 5.11 Å². The minimum atomic E-state index is -4.35. The molecule has 3 rings (SSSR count). The largest absolute Gasteiger partial charge is 0.458 e. The first-order chi connectivity index (χ1) is 11.4. The summed E-state index contributed by atoms with van der Waals surface area (Å²) in [5.74, 6) is 1.23. The molecule has 0 aliphatic heterocycles. The molecule has 24 heavy (non-hydrogen) atoms. The lowest BCUT2D eigenvalue weighted by atomic mass is 9.84. The molecule has 1 N–H and O–H groups in total. The minimum absolute atomic E-state index is 0.198. The molecule has 1 atom stereocenters. The number of alkyl halides is 3. The van der Waals surface area contributed by atoms with Crippen LogP contribution in [0.15, 0.2) is 34.7 Å². The molecule has 5 heteroatoms. The van der Waals surface area contributed by atoms with Gasteiger partial charge in [-0.2, -0.15) is 13.2 Å². The topological polar surface area (TPSA) is 33.4 Å². The van der Waals surface area contributed by atoms with Crippen molar-refractivity contribution in [2.75, 3.05) is 0 Å². The second-order valence-corrected chi connectivity index (χ2v) is 6.58. The molecule has 1 heterocycles. The van der Waals surface area contributed by atoms with Crippen LogP contribution in [0.3, 0.4) is 0 Å². The van der Waals surface area contributed by atoms with Crippen LogP contribution in [-0.2, 0) is 6.18 Å². The summed E-state index contributed by atoms with van der Waals surface area (Å²) in [6.45, 7) is 1.86. The zero-order chi connectivity index (χ0) is 17.3. The van der Waals surface area contributed by atoms with Gasteiger partial charge in [-0.05, 0) is 49.4 Å². The van der Waals surface area contributed by atoms with Crippen molar-refractivity contribution in [3.63, 3.8) is 0 Å². The predicted octanol–water partition coefficient (Wildman–Crippen LogP) is 5.89. The van der Waals surface area contributed by atoms with E-state index >= 15 is 0 Å². The Morgan fingerprint density at radius 1 is 1.08 bits per heavy atom. The molecule has 1 unspecified atom stereocenters. The molecule has 0 spiro atoms. The summed E-state index contributed by atoms with van der Waals surface area (Å²) in [5, 5.41) is 10.6. The van der Waals surface area contributed by atoms with Gasteiger partial charge in [-0.15, -0.1) is 0 Å².